The topological polar surface area (TPSA) is 45.7 Å². The summed E-state index contributed by atoms with van der Waals surface area (Å²) in [5.74, 6) is 0.301. The van der Waals surface area contributed by atoms with Crippen LogP contribution in [-0.2, 0) is 16.1 Å². The third kappa shape index (κ3) is 2.52. The second-order valence-corrected chi connectivity index (χ2v) is 6.60. The van der Waals surface area contributed by atoms with Gasteiger partial charge in [0, 0.05) is 56.6 Å². The third-order valence-corrected chi connectivity index (χ3v) is 5.38. The van der Waals surface area contributed by atoms with Gasteiger partial charge in [0.25, 0.3) is 0 Å². The Kier molecular flexibility index (Phi) is 3.84. The minimum absolute atomic E-state index is 0.301. The fraction of sp³-hybridized carbons (Fsp3) is 0.647. The van der Waals surface area contributed by atoms with Crippen LogP contribution in [-0.4, -0.2) is 58.6 Å². The number of piperidine rings is 1. The molecule has 4 heterocycles. The fourth-order valence-corrected chi connectivity index (χ4v) is 4.31. The molecule has 0 bridgehead atoms. The highest BCUT2D eigenvalue weighted by molar-refractivity contribution is 5.77. The van der Waals surface area contributed by atoms with Crippen LogP contribution in [0.1, 0.15) is 31.2 Å². The Bertz CT molecular complexity index is 530. The van der Waals surface area contributed by atoms with E-state index < -0.39 is 0 Å². The SMILES string of the molecule is O=C1CC[C@H]2[C@H](CCN2C2CCOC2)N1Cc1cccnc1. The van der Waals surface area contributed by atoms with Crippen LogP contribution in [0.15, 0.2) is 24.5 Å². The molecule has 3 atom stereocenters. The van der Waals surface area contributed by atoms with Gasteiger partial charge in [-0.15, -0.1) is 0 Å². The smallest absolute Gasteiger partial charge is 0.223 e. The Morgan fingerprint density at radius 3 is 3.00 bits per heavy atom. The van der Waals surface area contributed by atoms with E-state index in [0.717, 1.165) is 44.6 Å². The van der Waals surface area contributed by atoms with E-state index in [2.05, 4.69) is 20.9 Å². The number of hydrogen-bond donors (Lipinski definition) is 0. The van der Waals surface area contributed by atoms with Gasteiger partial charge in [-0.25, -0.2) is 0 Å². The first kappa shape index (κ1) is 14.2. The summed E-state index contributed by atoms with van der Waals surface area (Å²) in [4.78, 5) is 21.3. The van der Waals surface area contributed by atoms with Crippen LogP contribution in [0.5, 0.6) is 0 Å². The van der Waals surface area contributed by atoms with Crippen molar-refractivity contribution in [3.63, 3.8) is 0 Å². The van der Waals surface area contributed by atoms with Crippen LogP contribution in [0.2, 0.25) is 0 Å². The number of ether oxygens (including phenoxy) is 1. The molecule has 0 saturated carbocycles. The van der Waals surface area contributed by atoms with Crippen LogP contribution in [0.4, 0.5) is 0 Å². The Labute approximate surface area is 131 Å². The zero-order chi connectivity index (χ0) is 14.9. The van der Waals surface area contributed by atoms with Crippen molar-refractivity contribution >= 4 is 5.91 Å². The van der Waals surface area contributed by atoms with Gasteiger partial charge in [0.1, 0.15) is 0 Å². The van der Waals surface area contributed by atoms with Crippen LogP contribution in [0.3, 0.4) is 0 Å². The van der Waals surface area contributed by atoms with Crippen molar-refractivity contribution in [3.05, 3.63) is 30.1 Å². The van der Waals surface area contributed by atoms with Crippen molar-refractivity contribution in [1.82, 2.24) is 14.8 Å². The number of nitrogens with zero attached hydrogens (tertiary/aromatic N) is 3. The summed E-state index contributed by atoms with van der Waals surface area (Å²) in [6, 6.07) is 5.44. The molecular formula is C17H23N3O2. The average molecular weight is 301 g/mol. The highest BCUT2D eigenvalue weighted by Crippen LogP contribution is 2.35. The summed E-state index contributed by atoms with van der Waals surface area (Å²) in [6.45, 7) is 3.54. The number of pyridine rings is 1. The lowest BCUT2D eigenvalue weighted by molar-refractivity contribution is -0.138. The quantitative estimate of drug-likeness (QED) is 0.847. The number of likely N-dealkylation sites (tertiary alicyclic amines) is 2. The number of carbonyl (C=O) groups is 1. The Morgan fingerprint density at radius 1 is 1.27 bits per heavy atom. The molecule has 1 aromatic heterocycles. The fourth-order valence-electron chi connectivity index (χ4n) is 4.31. The van der Waals surface area contributed by atoms with Gasteiger partial charge in [-0.2, -0.15) is 0 Å². The lowest BCUT2D eigenvalue weighted by atomic mass is 9.95. The number of aromatic nitrogens is 1. The molecule has 118 valence electrons. The monoisotopic (exact) mass is 301 g/mol. The van der Waals surface area contributed by atoms with Crippen LogP contribution < -0.4 is 0 Å². The molecule has 0 spiro atoms. The van der Waals surface area contributed by atoms with Crippen molar-refractivity contribution in [2.75, 3.05) is 19.8 Å². The van der Waals surface area contributed by atoms with E-state index in [-0.39, 0.29) is 0 Å². The van der Waals surface area contributed by atoms with E-state index in [1.807, 2.05) is 12.3 Å². The second kappa shape index (κ2) is 5.97. The van der Waals surface area contributed by atoms with Crippen LogP contribution in [0.25, 0.3) is 0 Å². The maximum atomic E-state index is 12.4. The van der Waals surface area contributed by atoms with E-state index in [9.17, 15) is 4.79 Å². The first-order valence-electron chi connectivity index (χ1n) is 8.35. The molecule has 5 heteroatoms. The zero-order valence-corrected chi connectivity index (χ0v) is 12.9. The Balaban J connectivity index is 1.51. The van der Waals surface area contributed by atoms with E-state index in [0.29, 0.717) is 37.0 Å². The number of amides is 1. The molecule has 0 N–H and O–H groups in total. The van der Waals surface area contributed by atoms with Gasteiger partial charge >= 0.3 is 0 Å². The number of carbonyl (C=O) groups excluding carboxylic acids is 1. The minimum Gasteiger partial charge on any atom is -0.380 e. The average Bonchev–Trinajstić information content (AvgIpc) is 3.20. The van der Waals surface area contributed by atoms with Gasteiger partial charge in [0.15, 0.2) is 0 Å². The molecule has 1 unspecified atom stereocenters. The highest BCUT2D eigenvalue weighted by atomic mass is 16.5. The lowest BCUT2D eigenvalue weighted by Crippen LogP contribution is -2.53. The molecule has 0 radical (unpaired) electrons. The maximum Gasteiger partial charge on any atom is 0.223 e. The van der Waals surface area contributed by atoms with Crippen molar-refractivity contribution in [2.24, 2.45) is 0 Å². The Morgan fingerprint density at radius 2 is 2.23 bits per heavy atom. The lowest BCUT2D eigenvalue weighted by Gasteiger charge is -2.41. The van der Waals surface area contributed by atoms with Crippen molar-refractivity contribution in [1.29, 1.82) is 0 Å². The summed E-state index contributed by atoms with van der Waals surface area (Å²) in [6.07, 6.45) is 7.55. The molecule has 4 rings (SSSR count). The summed E-state index contributed by atoms with van der Waals surface area (Å²) in [5, 5.41) is 0. The van der Waals surface area contributed by atoms with E-state index >= 15 is 0 Å². The number of hydrogen-bond acceptors (Lipinski definition) is 4. The molecule has 22 heavy (non-hydrogen) atoms. The predicted octanol–water partition coefficient (Wildman–Crippen LogP) is 1.44. The largest absolute Gasteiger partial charge is 0.380 e. The van der Waals surface area contributed by atoms with Crippen molar-refractivity contribution in [3.8, 4) is 0 Å². The van der Waals surface area contributed by atoms with Crippen molar-refractivity contribution in [2.45, 2.75) is 50.4 Å². The van der Waals surface area contributed by atoms with Gasteiger partial charge in [0.2, 0.25) is 5.91 Å². The number of rotatable bonds is 3. The van der Waals surface area contributed by atoms with Crippen LogP contribution in [0, 0.1) is 0 Å². The molecule has 3 aliphatic heterocycles. The summed E-state index contributed by atoms with van der Waals surface area (Å²) in [7, 11) is 0. The molecule has 1 aromatic rings. The van der Waals surface area contributed by atoms with Crippen LogP contribution >= 0.6 is 0 Å². The van der Waals surface area contributed by atoms with E-state index in [4.69, 9.17) is 4.74 Å². The normalized spacial score (nSPS) is 32.5. The minimum atomic E-state index is 0.301. The molecule has 3 aliphatic rings. The number of fused-ring (bicyclic) bond motifs is 1. The first-order chi connectivity index (χ1) is 10.8. The molecule has 3 saturated heterocycles. The Hall–Kier alpha value is -1.46. The van der Waals surface area contributed by atoms with Gasteiger partial charge in [-0.3, -0.25) is 14.7 Å². The molecule has 5 nitrogen and oxygen atoms in total. The molecular weight excluding hydrogens is 278 g/mol. The summed E-state index contributed by atoms with van der Waals surface area (Å²) >= 11 is 0. The summed E-state index contributed by atoms with van der Waals surface area (Å²) in [5.41, 5.74) is 1.12. The second-order valence-electron chi connectivity index (χ2n) is 6.60. The van der Waals surface area contributed by atoms with Crippen molar-refractivity contribution < 1.29 is 9.53 Å². The maximum absolute atomic E-state index is 12.4. The van der Waals surface area contributed by atoms with Gasteiger partial charge in [-0.1, -0.05) is 6.07 Å². The molecule has 0 aliphatic carbocycles. The van der Waals surface area contributed by atoms with E-state index in [1.165, 1.54) is 0 Å². The van der Waals surface area contributed by atoms with Gasteiger partial charge in [0.05, 0.1) is 6.61 Å². The molecule has 1 amide bonds. The summed E-state index contributed by atoms with van der Waals surface area (Å²) < 4.78 is 5.56. The first-order valence-corrected chi connectivity index (χ1v) is 8.35. The highest BCUT2D eigenvalue weighted by Gasteiger charge is 2.45. The standard InChI is InChI=1S/C17H23N3O2/c21-17-4-3-15-16(5-8-19(15)14-6-9-22-12-14)20(17)11-13-2-1-7-18-10-13/h1-2,7,10,14-16H,3-6,8-9,11-12H2/t14?,15-,16-/m0/s1. The van der Waals surface area contributed by atoms with Gasteiger partial charge < -0.3 is 9.64 Å². The van der Waals surface area contributed by atoms with Gasteiger partial charge in [-0.05, 0) is 30.9 Å². The zero-order valence-electron chi connectivity index (χ0n) is 12.9. The molecule has 0 aromatic carbocycles. The molecule has 3 fully saturated rings. The van der Waals surface area contributed by atoms with E-state index in [1.54, 1.807) is 6.20 Å². The third-order valence-electron chi connectivity index (χ3n) is 5.38. The predicted molar refractivity (Wildman–Crippen MR) is 82.1 cm³/mol.